The summed E-state index contributed by atoms with van der Waals surface area (Å²) in [5.41, 5.74) is 1.85. The number of aromatic nitrogens is 3. The van der Waals surface area contributed by atoms with Crippen molar-refractivity contribution in [1.29, 1.82) is 0 Å². The van der Waals surface area contributed by atoms with Gasteiger partial charge in [0.15, 0.2) is 0 Å². The standard InChI is InChI=1S/C24H24ClF3N4O2/c25-18-6-7-21-16(9-18)5-8-22(30-21)31-23(33)15-3-1-14(2-4-15)17-12-29-32(13-17)19-10-20(11-19)34-24(26,27)28/h5-9,12-15,19-20H,1-4,10-11H2,(H,30,31,33). The average Bonchev–Trinajstić information content (AvgIpc) is 3.25. The summed E-state index contributed by atoms with van der Waals surface area (Å²) in [5, 5.41) is 8.86. The number of amides is 1. The first-order valence-corrected chi connectivity index (χ1v) is 11.8. The van der Waals surface area contributed by atoms with E-state index in [1.165, 1.54) is 0 Å². The van der Waals surface area contributed by atoms with Crippen LogP contribution in [0.4, 0.5) is 19.0 Å². The number of ether oxygens (including phenoxy) is 1. The third-order valence-corrected chi connectivity index (χ3v) is 7.07. The third-order valence-electron chi connectivity index (χ3n) is 6.84. The predicted molar refractivity (Wildman–Crippen MR) is 122 cm³/mol. The highest BCUT2D eigenvalue weighted by Gasteiger charge is 2.41. The molecule has 180 valence electrons. The molecule has 0 radical (unpaired) electrons. The Morgan fingerprint density at radius 3 is 2.62 bits per heavy atom. The molecule has 34 heavy (non-hydrogen) atoms. The molecule has 2 aliphatic carbocycles. The van der Waals surface area contributed by atoms with Gasteiger partial charge in [-0.25, -0.2) is 4.98 Å². The molecular weight excluding hydrogens is 469 g/mol. The van der Waals surface area contributed by atoms with Gasteiger partial charge in [0.25, 0.3) is 0 Å². The highest BCUT2D eigenvalue weighted by molar-refractivity contribution is 6.31. The Kier molecular flexibility index (Phi) is 6.24. The minimum Gasteiger partial charge on any atom is -0.310 e. The number of alkyl halides is 3. The average molecular weight is 493 g/mol. The van der Waals surface area contributed by atoms with E-state index in [-0.39, 0.29) is 17.9 Å². The number of fused-ring (bicyclic) bond motifs is 1. The monoisotopic (exact) mass is 492 g/mol. The third kappa shape index (κ3) is 5.20. The SMILES string of the molecule is O=C(Nc1ccc2cc(Cl)ccc2n1)C1CCC(c2cnn(C3CC(OC(F)(F)F)C3)c2)CC1. The first-order chi connectivity index (χ1) is 16.2. The molecule has 0 unspecified atom stereocenters. The van der Waals surface area contributed by atoms with Crippen LogP contribution in [-0.2, 0) is 9.53 Å². The predicted octanol–water partition coefficient (Wildman–Crippen LogP) is 6.24. The smallest absolute Gasteiger partial charge is 0.310 e. The van der Waals surface area contributed by atoms with Gasteiger partial charge in [-0.15, -0.1) is 13.2 Å². The Hall–Kier alpha value is -2.65. The van der Waals surface area contributed by atoms with E-state index in [0.717, 1.165) is 42.1 Å². The molecule has 1 aromatic carbocycles. The molecule has 3 aromatic rings. The van der Waals surface area contributed by atoms with Crippen molar-refractivity contribution < 1.29 is 22.7 Å². The van der Waals surface area contributed by atoms with Crippen LogP contribution in [0.3, 0.4) is 0 Å². The Morgan fingerprint density at radius 2 is 1.88 bits per heavy atom. The lowest BCUT2D eigenvalue weighted by Gasteiger charge is -2.35. The number of anilines is 1. The number of carbonyl (C=O) groups excluding carboxylic acids is 1. The maximum Gasteiger partial charge on any atom is 0.522 e. The van der Waals surface area contributed by atoms with Crippen LogP contribution >= 0.6 is 11.6 Å². The molecule has 1 N–H and O–H groups in total. The van der Waals surface area contributed by atoms with Crippen molar-refractivity contribution in [3.63, 3.8) is 0 Å². The summed E-state index contributed by atoms with van der Waals surface area (Å²) in [5.74, 6) is 0.709. The highest BCUT2D eigenvalue weighted by atomic mass is 35.5. The fourth-order valence-electron chi connectivity index (χ4n) is 4.89. The van der Waals surface area contributed by atoms with Gasteiger partial charge in [-0.2, -0.15) is 5.10 Å². The van der Waals surface area contributed by atoms with E-state index in [1.54, 1.807) is 23.0 Å². The molecule has 0 spiro atoms. The number of nitrogens with one attached hydrogen (secondary N) is 1. The molecule has 1 amide bonds. The summed E-state index contributed by atoms with van der Waals surface area (Å²) in [6.45, 7) is 0. The lowest BCUT2D eigenvalue weighted by Crippen LogP contribution is -2.37. The molecule has 5 rings (SSSR count). The van der Waals surface area contributed by atoms with E-state index < -0.39 is 12.5 Å². The van der Waals surface area contributed by atoms with Crippen molar-refractivity contribution in [1.82, 2.24) is 14.8 Å². The topological polar surface area (TPSA) is 69.0 Å². The van der Waals surface area contributed by atoms with E-state index in [4.69, 9.17) is 11.6 Å². The van der Waals surface area contributed by atoms with Gasteiger partial charge in [0.2, 0.25) is 5.91 Å². The molecule has 2 fully saturated rings. The van der Waals surface area contributed by atoms with Crippen molar-refractivity contribution >= 4 is 34.2 Å². The van der Waals surface area contributed by atoms with Crippen molar-refractivity contribution in [2.24, 2.45) is 5.92 Å². The largest absolute Gasteiger partial charge is 0.522 e. The van der Waals surface area contributed by atoms with E-state index in [0.29, 0.717) is 29.6 Å². The van der Waals surface area contributed by atoms with Gasteiger partial charge in [-0.05, 0) is 80.3 Å². The quantitative estimate of drug-likeness (QED) is 0.458. The van der Waals surface area contributed by atoms with Gasteiger partial charge in [0, 0.05) is 22.5 Å². The van der Waals surface area contributed by atoms with Crippen LogP contribution in [0.25, 0.3) is 10.9 Å². The summed E-state index contributed by atoms with van der Waals surface area (Å²) >= 11 is 6.01. The number of hydrogen-bond donors (Lipinski definition) is 1. The van der Waals surface area contributed by atoms with Crippen LogP contribution in [0.1, 0.15) is 56.0 Å². The zero-order valence-corrected chi connectivity index (χ0v) is 19.0. The van der Waals surface area contributed by atoms with Gasteiger partial charge in [0.05, 0.1) is 23.9 Å². The maximum atomic E-state index is 12.8. The number of carbonyl (C=O) groups is 1. The van der Waals surface area contributed by atoms with Gasteiger partial charge in [0.1, 0.15) is 5.82 Å². The van der Waals surface area contributed by atoms with Crippen LogP contribution in [-0.4, -0.2) is 33.1 Å². The Morgan fingerprint density at radius 1 is 1.12 bits per heavy atom. The van der Waals surface area contributed by atoms with Crippen molar-refractivity contribution in [2.75, 3.05) is 5.32 Å². The number of nitrogens with zero attached hydrogens (tertiary/aromatic N) is 3. The lowest BCUT2D eigenvalue weighted by atomic mass is 9.79. The Labute approximate surface area is 199 Å². The van der Waals surface area contributed by atoms with Gasteiger partial charge >= 0.3 is 6.36 Å². The molecular formula is C24H24ClF3N4O2. The molecule has 0 atom stereocenters. The zero-order chi connectivity index (χ0) is 23.9. The van der Waals surface area contributed by atoms with Gasteiger partial charge in [-0.1, -0.05) is 11.6 Å². The molecule has 0 bridgehead atoms. The van der Waals surface area contributed by atoms with E-state index in [2.05, 4.69) is 20.1 Å². The van der Waals surface area contributed by atoms with Gasteiger partial charge < -0.3 is 5.32 Å². The second kappa shape index (κ2) is 9.19. The molecule has 10 heteroatoms. The van der Waals surface area contributed by atoms with Crippen LogP contribution in [0.2, 0.25) is 5.02 Å². The van der Waals surface area contributed by atoms with E-state index >= 15 is 0 Å². The minimum atomic E-state index is -4.59. The number of hydrogen-bond acceptors (Lipinski definition) is 4. The number of benzene rings is 1. The first kappa shape index (κ1) is 23.1. The molecule has 6 nitrogen and oxygen atoms in total. The molecule has 2 aliphatic rings. The fourth-order valence-corrected chi connectivity index (χ4v) is 5.07. The molecule has 0 saturated heterocycles. The Bertz CT molecular complexity index is 1180. The molecule has 2 saturated carbocycles. The van der Waals surface area contributed by atoms with Crippen LogP contribution in [0.5, 0.6) is 0 Å². The van der Waals surface area contributed by atoms with Crippen LogP contribution < -0.4 is 5.32 Å². The molecule has 2 aromatic heterocycles. The summed E-state index contributed by atoms with van der Waals surface area (Å²) in [6, 6.07) is 9.03. The van der Waals surface area contributed by atoms with Crippen molar-refractivity contribution in [3.8, 4) is 0 Å². The maximum absolute atomic E-state index is 12.8. The lowest BCUT2D eigenvalue weighted by molar-refractivity contribution is -0.353. The highest BCUT2D eigenvalue weighted by Crippen LogP contribution is 2.40. The summed E-state index contributed by atoms with van der Waals surface area (Å²) in [6.07, 6.45) is 2.21. The summed E-state index contributed by atoms with van der Waals surface area (Å²) < 4.78 is 42.7. The van der Waals surface area contributed by atoms with Crippen LogP contribution in [0, 0.1) is 5.92 Å². The van der Waals surface area contributed by atoms with Crippen LogP contribution in [0.15, 0.2) is 42.7 Å². The Balaban J connectivity index is 1.12. The number of halogens is 4. The second-order valence-corrected chi connectivity index (χ2v) is 9.57. The fraction of sp³-hybridized carbons (Fsp3) is 0.458. The number of rotatable bonds is 5. The molecule has 0 aliphatic heterocycles. The summed E-state index contributed by atoms with van der Waals surface area (Å²) in [4.78, 5) is 17.3. The first-order valence-electron chi connectivity index (χ1n) is 11.4. The van der Waals surface area contributed by atoms with Crippen molar-refractivity contribution in [2.45, 2.75) is 63.0 Å². The van der Waals surface area contributed by atoms with Gasteiger partial charge in [-0.3, -0.25) is 14.2 Å². The normalized spacial score (nSPS) is 25.2. The van der Waals surface area contributed by atoms with Crippen molar-refractivity contribution in [3.05, 3.63) is 53.3 Å². The summed E-state index contributed by atoms with van der Waals surface area (Å²) in [7, 11) is 0. The van der Waals surface area contributed by atoms with E-state index in [1.807, 2.05) is 24.4 Å². The van der Waals surface area contributed by atoms with E-state index in [9.17, 15) is 18.0 Å². The molecule has 2 heterocycles. The number of pyridine rings is 1. The minimum absolute atomic E-state index is 0.0277. The second-order valence-electron chi connectivity index (χ2n) is 9.14. The zero-order valence-electron chi connectivity index (χ0n) is 18.3.